The normalized spacial score (nSPS) is 12.1. The Morgan fingerprint density at radius 1 is 1.09 bits per heavy atom. The largest absolute Gasteiger partial charge is 0.388 e. The summed E-state index contributed by atoms with van der Waals surface area (Å²) >= 11 is 0. The van der Waals surface area contributed by atoms with Gasteiger partial charge in [-0.2, -0.15) is 0 Å². The van der Waals surface area contributed by atoms with Crippen LogP contribution >= 0.6 is 0 Å². The summed E-state index contributed by atoms with van der Waals surface area (Å²) in [6.07, 6.45) is -0.812. The van der Waals surface area contributed by atoms with Crippen molar-refractivity contribution in [3.63, 3.8) is 0 Å². The van der Waals surface area contributed by atoms with Crippen LogP contribution < -0.4 is 5.32 Å². The summed E-state index contributed by atoms with van der Waals surface area (Å²) in [7, 11) is 0. The molecule has 0 aliphatic heterocycles. The molecule has 0 bridgehead atoms. The van der Waals surface area contributed by atoms with Gasteiger partial charge in [-0.05, 0) is 24.6 Å². The van der Waals surface area contributed by atoms with Crippen molar-refractivity contribution < 1.29 is 9.90 Å². The smallest absolute Gasteiger partial charge is 0.227 e. The first kappa shape index (κ1) is 15.2. The lowest BCUT2D eigenvalue weighted by molar-refractivity contribution is -0.118. The van der Waals surface area contributed by atoms with Crippen molar-refractivity contribution in [2.45, 2.75) is 19.4 Å². The number of hydrogen-bond acceptors (Lipinski definition) is 3. The summed E-state index contributed by atoms with van der Waals surface area (Å²) < 4.78 is 0. The van der Waals surface area contributed by atoms with E-state index in [1.807, 2.05) is 55.5 Å². The number of aliphatic hydroxyl groups excluding tert-OH is 1. The summed E-state index contributed by atoms with van der Waals surface area (Å²) in [4.78, 5) is 16.7. The zero-order valence-corrected chi connectivity index (χ0v) is 12.9. The quantitative estimate of drug-likeness (QED) is 0.774. The number of carbonyl (C=O) groups is 1. The standard InChI is InChI=1S/C19H18N2O2/c1-13-10-11-15-8-5-9-16(19(15)20-13)21-18(23)12-17(22)14-6-3-2-4-7-14/h2-11,17,22H,12H2,1H3,(H,21,23). The van der Waals surface area contributed by atoms with Gasteiger partial charge in [-0.3, -0.25) is 9.78 Å². The second-order valence-electron chi connectivity index (χ2n) is 5.51. The lowest BCUT2D eigenvalue weighted by Crippen LogP contribution is -2.16. The lowest BCUT2D eigenvalue weighted by Gasteiger charge is -2.12. The second kappa shape index (κ2) is 6.58. The van der Waals surface area contributed by atoms with Crippen LogP contribution in [0.2, 0.25) is 0 Å². The molecule has 1 unspecified atom stereocenters. The number of para-hydroxylation sites is 1. The van der Waals surface area contributed by atoms with Crippen molar-refractivity contribution >= 4 is 22.5 Å². The van der Waals surface area contributed by atoms with Gasteiger partial charge in [0.15, 0.2) is 0 Å². The number of aliphatic hydroxyl groups is 1. The van der Waals surface area contributed by atoms with Crippen LogP contribution in [-0.4, -0.2) is 16.0 Å². The van der Waals surface area contributed by atoms with Crippen LogP contribution in [0.25, 0.3) is 10.9 Å². The second-order valence-corrected chi connectivity index (χ2v) is 5.51. The summed E-state index contributed by atoms with van der Waals surface area (Å²) in [5.74, 6) is -0.239. The number of rotatable bonds is 4. The average Bonchev–Trinajstić information content (AvgIpc) is 2.56. The van der Waals surface area contributed by atoms with E-state index in [-0.39, 0.29) is 12.3 Å². The molecule has 3 aromatic rings. The van der Waals surface area contributed by atoms with Gasteiger partial charge in [0.05, 0.1) is 23.7 Å². The Kier molecular flexibility index (Phi) is 4.35. The monoisotopic (exact) mass is 306 g/mol. The molecule has 3 rings (SSSR count). The fourth-order valence-electron chi connectivity index (χ4n) is 2.52. The van der Waals surface area contributed by atoms with Crippen LogP contribution in [-0.2, 0) is 4.79 Å². The average molecular weight is 306 g/mol. The SMILES string of the molecule is Cc1ccc2cccc(NC(=O)CC(O)c3ccccc3)c2n1. The zero-order chi connectivity index (χ0) is 16.2. The summed E-state index contributed by atoms with van der Waals surface area (Å²) in [6.45, 7) is 1.91. The molecule has 0 spiro atoms. The van der Waals surface area contributed by atoms with E-state index in [9.17, 15) is 9.90 Å². The van der Waals surface area contributed by atoms with E-state index in [1.54, 1.807) is 12.1 Å². The fourth-order valence-corrected chi connectivity index (χ4v) is 2.52. The number of hydrogen-bond donors (Lipinski definition) is 2. The highest BCUT2D eigenvalue weighted by Crippen LogP contribution is 2.23. The molecule has 1 amide bonds. The Morgan fingerprint density at radius 3 is 2.65 bits per heavy atom. The van der Waals surface area contributed by atoms with Gasteiger partial charge >= 0.3 is 0 Å². The number of amides is 1. The number of aryl methyl sites for hydroxylation is 1. The van der Waals surface area contributed by atoms with Crippen LogP contribution in [0.1, 0.15) is 23.8 Å². The number of anilines is 1. The minimum absolute atomic E-state index is 0.00617. The number of pyridine rings is 1. The van der Waals surface area contributed by atoms with Crippen LogP contribution in [0.3, 0.4) is 0 Å². The zero-order valence-electron chi connectivity index (χ0n) is 12.9. The molecule has 4 nitrogen and oxygen atoms in total. The van der Waals surface area contributed by atoms with Crippen molar-refractivity contribution in [3.05, 3.63) is 71.9 Å². The first-order chi connectivity index (χ1) is 11.1. The maximum absolute atomic E-state index is 12.2. The van der Waals surface area contributed by atoms with Crippen LogP contribution in [0.15, 0.2) is 60.7 Å². The van der Waals surface area contributed by atoms with Crippen LogP contribution in [0.4, 0.5) is 5.69 Å². The predicted octanol–water partition coefficient (Wildman–Crippen LogP) is 3.61. The van der Waals surface area contributed by atoms with E-state index in [1.165, 1.54) is 0 Å². The third-order valence-corrected chi connectivity index (χ3v) is 3.70. The molecular formula is C19H18N2O2. The molecule has 116 valence electrons. The Labute approximate surface area is 134 Å². The molecular weight excluding hydrogens is 288 g/mol. The van der Waals surface area contributed by atoms with E-state index in [0.717, 1.165) is 22.2 Å². The van der Waals surface area contributed by atoms with Gasteiger partial charge in [0.1, 0.15) is 0 Å². The molecule has 0 radical (unpaired) electrons. The van der Waals surface area contributed by atoms with Gasteiger partial charge in [-0.25, -0.2) is 0 Å². The van der Waals surface area contributed by atoms with Gasteiger partial charge in [-0.15, -0.1) is 0 Å². The molecule has 1 heterocycles. The minimum Gasteiger partial charge on any atom is -0.388 e. The number of carbonyl (C=O) groups excluding carboxylic acids is 1. The van der Waals surface area contributed by atoms with Crippen molar-refractivity contribution in [2.24, 2.45) is 0 Å². The number of benzene rings is 2. The van der Waals surface area contributed by atoms with Gasteiger partial charge in [0, 0.05) is 11.1 Å². The maximum atomic E-state index is 12.2. The molecule has 2 N–H and O–H groups in total. The third kappa shape index (κ3) is 3.55. The molecule has 1 atom stereocenters. The van der Waals surface area contributed by atoms with Crippen LogP contribution in [0.5, 0.6) is 0 Å². The highest BCUT2D eigenvalue weighted by molar-refractivity contribution is 6.00. The first-order valence-electron chi connectivity index (χ1n) is 7.53. The van der Waals surface area contributed by atoms with E-state index < -0.39 is 6.10 Å². The molecule has 0 fully saturated rings. The van der Waals surface area contributed by atoms with Crippen molar-refractivity contribution in [1.82, 2.24) is 4.98 Å². The number of nitrogens with one attached hydrogen (secondary N) is 1. The first-order valence-corrected chi connectivity index (χ1v) is 7.53. The van der Waals surface area contributed by atoms with E-state index in [2.05, 4.69) is 10.3 Å². The molecule has 1 aromatic heterocycles. The number of fused-ring (bicyclic) bond motifs is 1. The number of nitrogens with zero attached hydrogens (tertiary/aromatic N) is 1. The Balaban J connectivity index is 1.77. The van der Waals surface area contributed by atoms with Gasteiger partial charge in [0.25, 0.3) is 0 Å². The topological polar surface area (TPSA) is 62.2 Å². The van der Waals surface area contributed by atoms with E-state index >= 15 is 0 Å². The summed E-state index contributed by atoms with van der Waals surface area (Å²) in [5.41, 5.74) is 3.05. The fraction of sp³-hybridized carbons (Fsp3) is 0.158. The van der Waals surface area contributed by atoms with Crippen LogP contribution in [0, 0.1) is 6.92 Å². The number of aromatic nitrogens is 1. The molecule has 23 heavy (non-hydrogen) atoms. The maximum Gasteiger partial charge on any atom is 0.227 e. The highest BCUT2D eigenvalue weighted by atomic mass is 16.3. The van der Waals surface area contributed by atoms with Crippen molar-refractivity contribution in [2.75, 3.05) is 5.32 Å². The van der Waals surface area contributed by atoms with Gasteiger partial charge in [-0.1, -0.05) is 48.5 Å². The Morgan fingerprint density at radius 2 is 1.87 bits per heavy atom. The van der Waals surface area contributed by atoms with E-state index in [0.29, 0.717) is 5.69 Å². The molecule has 0 saturated heterocycles. The Hall–Kier alpha value is -2.72. The third-order valence-electron chi connectivity index (χ3n) is 3.70. The van der Waals surface area contributed by atoms with Crippen molar-refractivity contribution in [1.29, 1.82) is 0 Å². The van der Waals surface area contributed by atoms with Gasteiger partial charge in [0.2, 0.25) is 5.91 Å². The minimum atomic E-state index is -0.819. The summed E-state index contributed by atoms with van der Waals surface area (Å²) in [5, 5.41) is 14.0. The predicted molar refractivity (Wildman–Crippen MR) is 91.1 cm³/mol. The highest BCUT2D eigenvalue weighted by Gasteiger charge is 2.14. The molecule has 4 heteroatoms. The summed E-state index contributed by atoms with van der Waals surface area (Å²) in [6, 6.07) is 18.7. The van der Waals surface area contributed by atoms with Gasteiger partial charge < -0.3 is 10.4 Å². The Bertz CT molecular complexity index is 831. The molecule has 0 aliphatic rings. The molecule has 0 saturated carbocycles. The lowest BCUT2D eigenvalue weighted by atomic mass is 10.1. The van der Waals surface area contributed by atoms with E-state index in [4.69, 9.17) is 0 Å². The molecule has 0 aliphatic carbocycles. The molecule has 2 aromatic carbocycles. The van der Waals surface area contributed by atoms with Crippen molar-refractivity contribution in [3.8, 4) is 0 Å².